The Bertz CT molecular complexity index is 657. The average molecular weight is 383 g/mol. The molecule has 0 aliphatic carbocycles. The minimum atomic E-state index is -4.32. The SMILES string of the molecule is O=C1C(N2CC(N3CCN(c4ccccn4)CC3)C2)CCN1CC(F)(F)F. The topological polar surface area (TPSA) is 42.9 Å². The summed E-state index contributed by atoms with van der Waals surface area (Å²) in [7, 11) is 0. The molecule has 1 atom stereocenters. The molecule has 6 nitrogen and oxygen atoms in total. The van der Waals surface area contributed by atoms with Gasteiger partial charge in [0.05, 0.1) is 6.04 Å². The number of rotatable bonds is 4. The average Bonchev–Trinajstić information content (AvgIpc) is 2.94. The maximum absolute atomic E-state index is 12.5. The van der Waals surface area contributed by atoms with Gasteiger partial charge in [0.1, 0.15) is 12.4 Å². The lowest BCUT2D eigenvalue weighted by Gasteiger charge is -2.49. The van der Waals surface area contributed by atoms with Crippen LogP contribution in [0.15, 0.2) is 24.4 Å². The van der Waals surface area contributed by atoms with Gasteiger partial charge in [-0.25, -0.2) is 4.98 Å². The molecule has 1 unspecified atom stereocenters. The number of alkyl halides is 3. The number of halogens is 3. The molecule has 148 valence electrons. The van der Waals surface area contributed by atoms with Crippen LogP contribution in [0.3, 0.4) is 0 Å². The number of nitrogens with zero attached hydrogens (tertiary/aromatic N) is 5. The first-order chi connectivity index (χ1) is 12.9. The first-order valence-electron chi connectivity index (χ1n) is 9.40. The predicted octanol–water partition coefficient (Wildman–Crippen LogP) is 1.05. The molecule has 0 aromatic carbocycles. The molecule has 4 rings (SSSR count). The molecular formula is C18H24F3N5O. The number of likely N-dealkylation sites (tertiary alicyclic amines) is 2. The minimum Gasteiger partial charge on any atom is -0.354 e. The van der Waals surface area contributed by atoms with Crippen LogP contribution < -0.4 is 4.90 Å². The van der Waals surface area contributed by atoms with E-state index in [2.05, 4.69) is 14.8 Å². The number of piperazine rings is 1. The second-order valence-electron chi connectivity index (χ2n) is 7.50. The van der Waals surface area contributed by atoms with E-state index >= 15 is 0 Å². The highest BCUT2D eigenvalue weighted by Gasteiger charge is 2.45. The Morgan fingerprint density at radius 1 is 1.04 bits per heavy atom. The number of amides is 1. The monoisotopic (exact) mass is 383 g/mol. The van der Waals surface area contributed by atoms with Gasteiger partial charge in [-0.05, 0) is 18.6 Å². The molecule has 0 saturated carbocycles. The van der Waals surface area contributed by atoms with E-state index in [0.29, 0.717) is 12.5 Å². The number of carbonyl (C=O) groups excluding carboxylic acids is 1. The molecule has 0 bridgehead atoms. The van der Waals surface area contributed by atoms with Crippen LogP contribution >= 0.6 is 0 Å². The van der Waals surface area contributed by atoms with Gasteiger partial charge in [-0.1, -0.05) is 6.07 Å². The summed E-state index contributed by atoms with van der Waals surface area (Å²) in [4.78, 5) is 24.3. The molecule has 9 heteroatoms. The molecule has 1 aromatic rings. The lowest BCUT2D eigenvalue weighted by molar-refractivity contribution is -0.160. The van der Waals surface area contributed by atoms with Crippen LogP contribution in [0.5, 0.6) is 0 Å². The number of hydrogen-bond acceptors (Lipinski definition) is 5. The molecule has 4 heterocycles. The van der Waals surface area contributed by atoms with Crippen LogP contribution in [-0.4, -0.2) is 96.2 Å². The first kappa shape index (κ1) is 18.5. The van der Waals surface area contributed by atoms with Gasteiger partial charge in [0.25, 0.3) is 0 Å². The van der Waals surface area contributed by atoms with Crippen molar-refractivity contribution in [2.24, 2.45) is 0 Å². The maximum atomic E-state index is 12.5. The molecule has 3 fully saturated rings. The summed E-state index contributed by atoms with van der Waals surface area (Å²) in [5.74, 6) is 0.624. The van der Waals surface area contributed by atoms with E-state index in [-0.39, 0.29) is 18.5 Å². The summed E-state index contributed by atoms with van der Waals surface area (Å²) in [5, 5.41) is 0. The van der Waals surface area contributed by atoms with Crippen LogP contribution in [0, 0.1) is 0 Å². The Labute approximate surface area is 156 Å². The van der Waals surface area contributed by atoms with E-state index in [1.165, 1.54) is 0 Å². The predicted molar refractivity (Wildman–Crippen MR) is 94.4 cm³/mol. The molecule has 27 heavy (non-hydrogen) atoms. The first-order valence-corrected chi connectivity index (χ1v) is 9.40. The van der Waals surface area contributed by atoms with E-state index in [1.54, 1.807) is 6.20 Å². The van der Waals surface area contributed by atoms with Gasteiger partial charge in [0.2, 0.25) is 5.91 Å². The van der Waals surface area contributed by atoms with Crippen molar-refractivity contribution < 1.29 is 18.0 Å². The van der Waals surface area contributed by atoms with Crippen molar-refractivity contribution in [2.75, 3.05) is 57.3 Å². The zero-order valence-corrected chi connectivity index (χ0v) is 15.1. The van der Waals surface area contributed by atoms with Gasteiger partial charge < -0.3 is 9.80 Å². The minimum absolute atomic E-state index is 0.201. The van der Waals surface area contributed by atoms with E-state index in [4.69, 9.17) is 0 Å². The van der Waals surface area contributed by atoms with Gasteiger partial charge in [-0.2, -0.15) is 13.2 Å². The standard InChI is InChI=1S/C18H24F3N5O/c19-18(20,21)13-25-6-4-15(17(25)27)26-11-14(12-26)23-7-9-24(10-8-23)16-3-1-2-5-22-16/h1-3,5,14-15H,4,6-13H2. The van der Waals surface area contributed by atoms with Crippen molar-refractivity contribution in [1.82, 2.24) is 19.7 Å². The molecule has 0 radical (unpaired) electrons. The van der Waals surface area contributed by atoms with E-state index in [0.717, 1.165) is 50.0 Å². The van der Waals surface area contributed by atoms with Crippen LogP contribution in [-0.2, 0) is 4.79 Å². The van der Waals surface area contributed by atoms with Crippen molar-refractivity contribution in [3.05, 3.63) is 24.4 Å². The fourth-order valence-corrected chi connectivity index (χ4v) is 4.27. The molecule has 3 aliphatic rings. The summed E-state index contributed by atoms with van der Waals surface area (Å²) in [6.45, 7) is 4.30. The molecule has 1 aromatic heterocycles. The molecule has 3 aliphatic heterocycles. The normalized spacial score (nSPS) is 25.9. The quantitative estimate of drug-likeness (QED) is 0.778. The highest BCUT2D eigenvalue weighted by atomic mass is 19.4. The summed E-state index contributed by atoms with van der Waals surface area (Å²) in [5.41, 5.74) is 0. The number of anilines is 1. The van der Waals surface area contributed by atoms with Crippen molar-refractivity contribution in [2.45, 2.75) is 24.7 Å². The van der Waals surface area contributed by atoms with E-state index in [9.17, 15) is 18.0 Å². The highest BCUT2D eigenvalue weighted by molar-refractivity contribution is 5.84. The highest BCUT2D eigenvalue weighted by Crippen LogP contribution is 2.28. The lowest BCUT2D eigenvalue weighted by Crippen LogP contribution is -2.66. The van der Waals surface area contributed by atoms with Crippen LogP contribution in [0.4, 0.5) is 19.0 Å². The van der Waals surface area contributed by atoms with Gasteiger partial charge in [-0.15, -0.1) is 0 Å². The summed E-state index contributed by atoms with van der Waals surface area (Å²) in [6.07, 6.45) is -2.03. The Morgan fingerprint density at radius 3 is 2.41 bits per heavy atom. The Hall–Kier alpha value is -1.87. The molecule has 1 amide bonds. The van der Waals surface area contributed by atoms with Crippen LogP contribution in [0.2, 0.25) is 0 Å². The van der Waals surface area contributed by atoms with Crippen LogP contribution in [0.1, 0.15) is 6.42 Å². The number of aromatic nitrogens is 1. The fourth-order valence-electron chi connectivity index (χ4n) is 4.27. The second kappa shape index (κ2) is 7.27. The zero-order chi connectivity index (χ0) is 19.0. The van der Waals surface area contributed by atoms with Gasteiger partial charge in [-0.3, -0.25) is 14.6 Å². The van der Waals surface area contributed by atoms with Crippen molar-refractivity contribution in [3.63, 3.8) is 0 Å². The number of carbonyl (C=O) groups is 1. The van der Waals surface area contributed by atoms with Gasteiger partial charge in [0, 0.05) is 58.1 Å². The zero-order valence-electron chi connectivity index (χ0n) is 15.1. The second-order valence-corrected chi connectivity index (χ2v) is 7.50. The molecule has 3 saturated heterocycles. The summed E-state index contributed by atoms with van der Waals surface area (Å²) >= 11 is 0. The Morgan fingerprint density at radius 2 is 1.78 bits per heavy atom. The maximum Gasteiger partial charge on any atom is 0.406 e. The third kappa shape index (κ3) is 4.03. The molecule has 0 spiro atoms. The number of hydrogen-bond donors (Lipinski definition) is 0. The third-order valence-electron chi connectivity index (χ3n) is 5.77. The van der Waals surface area contributed by atoms with E-state index < -0.39 is 12.7 Å². The lowest BCUT2D eigenvalue weighted by atomic mass is 10.0. The van der Waals surface area contributed by atoms with Crippen LogP contribution in [0.25, 0.3) is 0 Å². The number of pyridine rings is 1. The van der Waals surface area contributed by atoms with Crippen molar-refractivity contribution >= 4 is 11.7 Å². The Kier molecular flexibility index (Phi) is 4.98. The summed E-state index contributed by atoms with van der Waals surface area (Å²) in [6, 6.07) is 5.92. The van der Waals surface area contributed by atoms with Gasteiger partial charge in [0.15, 0.2) is 0 Å². The van der Waals surface area contributed by atoms with Crippen molar-refractivity contribution in [3.8, 4) is 0 Å². The largest absolute Gasteiger partial charge is 0.406 e. The Balaban J connectivity index is 1.23. The molecular weight excluding hydrogens is 359 g/mol. The smallest absolute Gasteiger partial charge is 0.354 e. The summed E-state index contributed by atoms with van der Waals surface area (Å²) < 4.78 is 37.6. The fraction of sp³-hybridized carbons (Fsp3) is 0.667. The van der Waals surface area contributed by atoms with Gasteiger partial charge >= 0.3 is 6.18 Å². The van der Waals surface area contributed by atoms with E-state index in [1.807, 2.05) is 23.1 Å². The molecule has 0 N–H and O–H groups in total. The van der Waals surface area contributed by atoms with Crippen molar-refractivity contribution in [1.29, 1.82) is 0 Å². The third-order valence-corrected chi connectivity index (χ3v) is 5.77.